The quantitative estimate of drug-likeness (QED) is 0.773. The van der Waals surface area contributed by atoms with Crippen LogP contribution in [0.5, 0.6) is 0 Å². The van der Waals surface area contributed by atoms with Gasteiger partial charge >= 0.3 is 0 Å². The number of hydrogen-bond donors (Lipinski definition) is 1. The van der Waals surface area contributed by atoms with Crippen LogP contribution in [0.2, 0.25) is 0 Å². The number of nitrogens with one attached hydrogen (secondary N) is 1. The molecule has 0 radical (unpaired) electrons. The predicted octanol–water partition coefficient (Wildman–Crippen LogP) is 1.23. The Balaban J connectivity index is 1.51. The Morgan fingerprint density at radius 1 is 1.20 bits per heavy atom. The van der Waals surface area contributed by atoms with Crippen LogP contribution in [0.4, 0.5) is 5.95 Å². The SMILES string of the molecule is Cc1nc2ncccn2c1C(=O)NC1CCCN(c2ncccn2)C1. The van der Waals surface area contributed by atoms with Crippen molar-refractivity contribution in [3.05, 3.63) is 48.3 Å². The Hall–Kier alpha value is -3.03. The maximum Gasteiger partial charge on any atom is 0.270 e. The lowest BCUT2D eigenvalue weighted by atomic mass is 10.1. The maximum atomic E-state index is 12.8. The zero-order valence-corrected chi connectivity index (χ0v) is 14.0. The average Bonchev–Trinajstić information content (AvgIpc) is 2.98. The molecule has 1 amide bonds. The van der Waals surface area contributed by atoms with Gasteiger partial charge < -0.3 is 10.2 Å². The summed E-state index contributed by atoms with van der Waals surface area (Å²) in [4.78, 5) is 32.1. The number of fused-ring (bicyclic) bond motifs is 1. The Bertz CT molecular complexity index is 892. The van der Waals surface area contributed by atoms with E-state index in [1.54, 1.807) is 35.1 Å². The molecule has 1 fully saturated rings. The molecule has 8 heteroatoms. The van der Waals surface area contributed by atoms with Gasteiger partial charge in [-0.15, -0.1) is 0 Å². The first-order valence-corrected chi connectivity index (χ1v) is 8.35. The molecule has 8 nitrogen and oxygen atoms in total. The highest BCUT2D eigenvalue weighted by Crippen LogP contribution is 2.16. The van der Waals surface area contributed by atoms with Crippen molar-refractivity contribution in [1.29, 1.82) is 0 Å². The van der Waals surface area contributed by atoms with E-state index in [2.05, 4.69) is 30.2 Å². The van der Waals surface area contributed by atoms with Gasteiger partial charge in [-0.2, -0.15) is 0 Å². The van der Waals surface area contributed by atoms with Gasteiger partial charge in [0.15, 0.2) is 0 Å². The third-order valence-electron chi connectivity index (χ3n) is 4.38. The summed E-state index contributed by atoms with van der Waals surface area (Å²) >= 11 is 0. The maximum absolute atomic E-state index is 12.8. The van der Waals surface area contributed by atoms with Gasteiger partial charge in [-0.25, -0.2) is 19.9 Å². The highest BCUT2D eigenvalue weighted by molar-refractivity contribution is 5.94. The minimum Gasteiger partial charge on any atom is -0.346 e. The van der Waals surface area contributed by atoms with E-state index in [1.807, 2.05) is 13.1 Å². The van der Waals surface area contributed by atoms with Gasteiger partial charge in [0.2, 0.25) is 11.7 Å². The second kappa shape index (κ2) is 6.46. The zero-order valence-electron chi connectivity index (χ0n) is 14.0. The third kappa shape index (κ3) is 3.02. The standard InChI is InChI=1S/C17H19N7O/c1-12-14(24-10-4-8-20-17(24)21-12)15(25)22-13-5-2-9-23(11-13)16-18-6-3-7-19-16/h3-4,6-8,10,13H,2,5,9,11H2,1H3,(H,22,25). The number of carbonyl (C=O) groups excluding carboxylic acids is 1. The largest absolute Gasteiger partial charge is 0.346 e. The lowest BCUT2D eigenvalue weighted by Crippen LogP contribution is -2.48. The summed E-state index contributed by atoms with van der Waals surface area (Å²) in [5.41, 5.74) is 1.21. The number of piperidine rings is 1. The lowest BCUT2D eigenvalue weighted by Gasteiger charge is -2.33. The highest BCUT2D eigenvalue weighted by Gasteiger charge is 2.25. The molecule has 128 valence electrons. The van der Waals surface area contributed by atoms with Gasteiger partial charge in [0.05, 0.1) is 5.69 Å². The van der Waals surface area contributed by atoms with Crippen molar-refractivity contribution >= 4 is 17.6 Å². The van der Waals surface area contributed by atoms with E-state index in [4.69, 9.17) is 0 Å². The minimum atomic E-state index is -0.126. The molecule has 3 aromatic heterocycles. The molecule has 0 aliphatic carbocycles. The van der Waals surface area contributed by atoms with E-state index >= 15 is 0 Å². The van der Waals surface area contributed by atoms with E-state index in [0.29, 0.717) is 29.7 Å². The van der Waals surface area contributed by atoms with Crippen molar-refractivity contribution in [3.8, 4) is 0 Å². The van der Waals surface area contributed by atoms with E-state index in [0.717, 1.165) is 19.4 Å². The summed E-state index contributed by atoms with van der Waals surface area (Å²) in [6.07, 6.45) is 8.86. The molecule has 0 saturated carbocycles. The predicted molar refractivity (Wildman–Crippen MR) is 92.5 cm³/mol. The van der Waals surface area contributed by atoms with Crippen molar-refractivity contribution in [3.63, 3.8) is 0 Å². The minimum absolute atomic E-state index is 0.0478. The summed E-state index contributed by atoms with van der Waals surface area (Å²) in [6, 6.07) is 3.64. The summed E-state index contributed by atoms with van der Waals surface area (Å²) in [7, 11) is 0. The molecule has 1 aliphatic heterocycles. The summed E-state index contributed by atoms with van der Waals surface area (Å²) in [5, 5.41) is 3.13. The first kappa shape index (κ1) is 15.5. The van der Waals surface area contributed by atoms with Crippen molar-refractivity contribution in [2.45, 2.75) is 25.8 Å². The molecular weight excluding hydrogens is 318 g/mol. The average molecular weight is 337 g/mol. The van der Waals surface area contributed by atoms with Crippen LogP contribution in [0.3, 0.4) is 0 Å². The van der Waals surface area contributed by atoms with Crippen LogP contribution in [-0.4, -0.2) is 49.4 Å². The van der Waals surface area contributed by atoms with E-state index < -0.39 is 0 Å². The van der Waals surface area contributed by atoms with Gasteiger partial charge in [0.25, 0.3) is 5.91 Å². The van der Waals surface area contributed by atoms with Crippen LogP contribution in [0.15, 0.2) is 36.9 Å². The first-order valence-electron chi connectivity index (χ1n) is 8.35. The number of nitrogens with zero attached hydrogens (tertiary/aromatic N) is 6. The second-order valence-corrected chi connectivity index (χ2v) is 6.14. The molecule has 25 heavy (non-hydrogen) atoms. The Kier molecular flexibility index (Phi) is 4.01. The van der Waals surface area contributed by atoms with Crippen molar-refractivity contribution in [2.24, 2.45) is 0 Å². The normalized spacial score (nSPS) is 17.6. The van der Waals surface area contributed by atoms with Gasteiger partial charge in [-0.3, -0.25) is 9.20 Å². The molecule has 3 aromatic rings. The van der Waals surface area contributed by atoms with Crippen LogP contribution >= 0.6 is 0 Å². The number of aromatic nitrogens is 5. The molecule has 1 atom stereocenters. The number of carbonyl (C=O) groups is 1. The summed E-state index contributed by atoms with van der Waals surface area (Å²) in [5.74, 6) is 1.11. The number of anilines is 1. The highest BCUT2D eigenvalue weighted by atomic mass is 16.2. The smallest absolute Gasteiger partial charge is 0.270 e. The second-order valence-electron chi connectivity index (χ2n) is 6.14. The fourth-order valence-electron chi connectivity index (χ4n) is 3.26. The van der Waals surface area contributed by atoms with E-state index in [1.165, 1.54) is 0 Å². The Morgan fingerprint density at radius 3 is 2.84 bits per heavy atom. The van der Waals surface area contributed by atoms with Crippen LogP contribution in [0.25, 0.3) is 5.78 Å². The molecule has 1 aliphatic rings. The summed E-state index contributed by atoms with van der Waals surface area (Å²) < 4.78 is 1.73. The molecule has 4 heterocycles. The summed E-state index contributed by atoms with van der Waals surface area (Å²) in [6.45, 7) is 3.42. The molecular formula is C17H19N7O. The number of rotatable bonds is 3. The topological polar surface area (TPSA) is 88.3 Å². The van der Waals surface area contributed by atoms with Gasteiger partial charge in [0.1, 0.15) is 5.69 Å². The fourth-order valence-corrected chi connectivity index (χ4v) is 3.26. The molecule has 0 aromatic carbocycles. The van der Waals surface area contributed by atoms with Crippen LogP contribution in [0, 0.1) is 6.92 Å². The fraction of sp³-hybridized carbons (Fsp3) is 0.353. The Morgan fingerprint density at radius 2 is 2.00 bits per heavy atom. The zero-order chi connectivity index (χ0) is 17.2. The first-order chi connectivity index (χ1) is 12.2. The number of imidazole rings is 1. The van der Waals surface area contributed by atoms with E-state index in [9.17, 15) is 4.79 Å². The van der Waals surface area contributed by atoms with Crippen LogP contribution in [-0.2, 0) is 0 Å². The van der Waals surface area contributed by atoms with E-state index in [-0.39, 0.29) is 11.9 Å². The number of amides is 1. The molecule has 0 bridgehead atoms. The van der Waals surface area contributed by atoms with Gasteiger partial charge in [-0.05, 0) is 31.9 Å². The number of hydrogen-bond acceptors (Lipinski definition) is 6. The van der Waals surface area contributed by atoms with Gasteiger partial charge in [0, 0.05) is 43.9 Å². The van der Waals surface area contributed by atoms with Gasteiger partial charge in [-0.1, -0.05) is 0 Å². The molecule has 1 N–H and O–H groups in total. The Labute approximate surface area is 145 Å². The third-order valence-corrected chi connectivity index (χ3v) is 4.38. The van der Waals surface area contributed by atoms with Crippen LogP contribution < -0.4 is 10.2 Å². The molecule has 1 saturated heterocycles. The molecule has 0 spiro atoms. The number of aryl methyl sites for hydroxylation is 1. The van der Waals surface area contributed by atoms with Crippen LogP contribution in [0.1, 0.15) is 29.0 Å². The molecule has 4 rings (SSSR count). The van der Waals surface area contributed by atoms with Crippen molar-refractivity contribution < 1.29 is 4.79 Å². The molecule has 1 unspecified atom stereocenters. The lowest BCUT2D eigenvalue weighted by molar-refractivity contribution is 0.0926. The monoisotopic (exact) mass is 337 g/mol. The van der Waals surface area contributed by atoms with Crippen molar-refractivity contribution in [2.75, 3.05) is 18.0 Å². The van der Waals surface area contributed by atoms with Crippen molar-refractivity contribution in [1.82, 2.24) is 29.7 Å².